The molecule has 1 atom stereocenters. The monoisotopic (exact) mass is 406 g/mol. The van der Waals surface area contributed by atoms with E-state index in [4.69, 9.17) is 4.74 Å². The number of amides is 1. The Morgan fingerprint density at radius 1 is 1.21 bits per heavy atom. The van der Waals surface area contributed by atoms with E-state index in [0.29, 0.717) is 6.54 Å². The summed E-state index contributed by atoms with van der Waals surface area (Å²) in [6.45, 7) is 2.32. The number of rotatable bonds is 5. The molecule has 0 aromatic heterocycles. The molecule has 150 valence electrons. The van der Waals surface area contributed by atoms with Gasteiger partial charge in [-0.2, -0.15) is 4.31 Å². The van der Waals surface area contributed by atoms with E-state index in [1.807, 2.05) is 6.92 Å². The van der Waals surface area contributed by atoms with Crippen LogP contribution in [0.1, 0.15) is 36.5 Å². The van der Waals surface area contributed by atoms with Crippen molar-refractivity contribution in [2.24, 2.45) is 0 Å². The molecular weight excluding hydrogens is 383 g/mol. The Kier molecular flexibility index (Phi) is 6.00. The van der Waals surface area contributed by atoms with E-state index in [2.05, 4.69) is 5.32 Å². The fourth-order valence-electron chi connectivity index (χ4n) is 3.34. The Morgan fingerprint density at radius 3 is 2.68 bits per heavy atom. The maximum absolute atomic E-state index is 13.3. The minimum atomic E-state index is -3.82. The SMILES string of the molecule is COc1ccc(C(=O)Nc2cccc(F)c2)cc1S(=O)(=O)N1CCCC[C@H]1C. The fourth-order valence-corrected chi connectivity index (χ4v) is 5.23. The number of hydrogen-bond donors (Lipinski definition) is 1. The minimum absolute atomic E-state index is 0.0457. The zero-order valence-electron chi connectivity index (χ0n) is 15.8. The smallest absolute Gasteiger partial charge is 0.255 e. The van der Waals surface area contributed by atoms with Crippen molar-refractivity contribution in [3.05, 3.63) is 53.8 Å². The van der Waals surface area contributed by atoms with Crippen LogP contribution >= 0.6 is 0 Å². The van der Waals surface area contributed by atoms with Crippen LogP contribution < -0.4 is 10.1 Å². The molecule has 28 heavy (non-hydrogen) atoms. The van der Waals surface area contributed by atoms with Crippen molar-refractivity contribution in [1.82, 2.24) is 4.31 Å². The van der Waals surface area contributed by atoms with E-state index < -0.39 is 21.7 Å². The Bertz CT molecular complexity index is 978. The maximum Gasteiger partial charge on any atom is 0.255 e. The molecule has 1 fully saturated rings. The molecule has 8 heteroatoms. The van der Waals surface area contributed by atoms with E-state index in [9.17, 15) is 17.6 Å². The predicted molar refractivity (Wildman–Crippen MR) is 105 cm³/mol. The summed E-state index contributed by atoms with van der Waals surface area (Å²) in [5.41, 5.74) is 0.433. The van der Waals surface area contributed by atoms with Crippen molar-refractivity contribution in [2.75, 3.05) is 19.0 Å². The number of ether oxygens (including phenoxy) is 1. The fraction of sp³-hybridized carbons (Fsp3) is 0.350. The standard InChI is InChI=1S/C20H23FN2O4S/c1-14-6-3-4-11-23(14)28(25,26)19-12-15(9-10-18(19)27-2)20(24)22-17-8-5-7-16(21)13-17/h5,7-10,12-14H,3-4,6,11H2,1-2H3,(H,22,24)/t14-/m1/s1. The summed E-state index contributed by atoms with van der Waals surface area (Å²) < 4.78 is 46.5. The van der Waals surface area contributed by atoms with Gasteiger partial charge in [0.1, 0.15) is 16.5 Å². The molecule has 1 aliphatic rings. The third kappa shape index (κ3) is 4.18. The summed E-state index contributed by atoms with van der Waals surface area (Å²) in [5.74, 6) is -0.827. The molecule has 0 radical (unpaired) electrons. The number of halogens is 1. The van der Waals surface area contributed by atoms with Gasteiger partial charge in [-0.05, 0) is 56.2 Å². The first-order chi connectivity index (χ1) is 13.3. The van der Waals surface area contributed by atoms with Gasteiger partial charge >= 0.3 is 0 Å². The number of benzene rings is 2. The summed E-state index contributed by atoms with van der Waals surface area (Å²) in [6, 6.07) is 9.62. The lowest BCUT2D eigenvalue weighted by Crippen LogP contribution is -2.42. The Balaban J connectivity index is 1.94. The summed E-state index contributed by atoms with van der Waals surface area (Å²) >= 11 is 0. The molecule has 1 saturated heterocycles. The highest BCUT2D eigenvalue weighted by Crippen LogP contribution is 2.31. The minimum Gasteiger partial charge on any atom is -0.495 e. The van der Waals surface area contributed by atoms with Crippen LogP contribution in [0.25, 0.3) is 0 Å². The van der Waals surface area contributed by atoms with Crippen molar-refractivity contribution in [2.45, 2.75) is 37.1 Å². The van der Waals surface area contributed by atoms with Crippen LogP contribution in [0.15, 0.2) is 47.4 Å². The second kappa shape index (κ2) is 8.28. The predicted octanol–water partition coefficient (Wildman–Crippen LogP) is 3.65. The maximum atomic E-state index is 13.3. The van der Waals surface area contributed by atoms with Crippen molar-refractivity contribution in [1.29, 1.82) is 0 Å². The van der Waals surface area contributed by atoms with Crippen LogP contribution in [0.4, 0.5) is 10.1 Å². The van der Waals surface area contributed by atoms with Crippen LogP contribution in [0.5, 0.6) is 5.75 Å². The average molecular weight is 406 g/mol. The number of carbonyl (C=O) groups is 1. The average Bonchev–Trinajstić information content (AvgIpc) is 2.67. The third-order valence-electron chi connectivity index (χ3n) is 4.84. The van der Waals surface area contributed by atoms with Crippen molar-refractivity contribution in [3.63, 3.8) is 0 Å². The highest BCUT2D eigenvalue weighted by molar-refractivity contribution is 7.89. The van der Waals surface area contributed by atoms with Gasteiger partial charge in [-0.15, -0.1) is 0 Å². The number of hydrogen-bond acceptors (Lipinski definition) is 4. The summed E-state index contributed by atoms with van der Waals surface area (Å²) in [6.07, 6.45) is 2.58. The number of sulfonamides is 1. The molecule has 2 aromatic rings. The van der Waals surface area contributed by atoms with Crippen molar-refractivity contribution in [3.8, 4) is 5.75 Å². The molecule has 3 rings (SSSR count). The Hall–Kier alpha value is -2.45. The van der Waals surface area contributed by atoms with E-state index in [1.54, 1.807) is 6.07 Å². The van der Waals surface area contributed by atoms with Crippen LogP contribution in [0, 0.1) is 5.82 Å². The molecule has 2 aromatic carbocycles. The van der Waals surface area contributed by atoms with E-state index in [0.717, 1.165) is 19.3 Å². The third-order valence-corrected chi connectivity index (χ3v) is 6.87. The number of methoxy groups -OCH3 is 1. The van der Waals surface area contributed by atoms with Gasteiger partial charge in [0.2, 0.25) is 10.0 Å². The first-order valence-electron chi connectivity index (χ1n) is 9.09. The lowest BCUT2D eigenvalue weighted by atomic mass is 10.1. The number of nitrogens with zero attached hydrogens (tertiary/aromatic N) is 1. The number of piperidine rings is 1. The molecular formula is C20H23FN2O4S. The van der Waals surface area contributed by atoms with Gasteiger partial charge in [0.05, 0.1) is 7.11 Å². The molecule has 0 saturated carbocycles. The molecule has 0 unspecified atom stereocenters. The molecule has 0 aliphatic carbocycles. The molecule has 1 heterocycles. The largest absolute Gasteiger partial charge is 0.495 e. The molecule has 0 spiro atoms. The summed E-state index contributed by atoms with van der Waals surface area (Å²) in [4.78, 5) is 12.5. The first-order valence-corrected chi connectivity index (χ1v) is 10.5. The summed E-state index contributed by atoms with van der Waals surface area (Å²) in [5, 5.41) is 2.58. The highest BCUT2D eigenvalue weighted by Gasteiger charge is 2.33. The van der Waals surface area contributed by atoms with Gasteiger partial charge in [0, 0.05) is 23.8 Å². The zero-order valence-corrected chi connectivity index (χ0v) is 16.6. The van der Waals surface area contributed by atoms with Crippen LogP contribution in [0.2, 0.25) is 0 Å². The second-order valence-electron chi connectivity index (χ2n) is 6.79. The zero-order chi connectivity index (χ0) is 20.3. The van der Waals surface area contributed by atoms with Gasteiger partial charge in [-0.1, -0.05) is 12.5 Å². The van der Waals surface area contributed by atoms with Gasteiger partial charge in [0.25, 0.3) is 5.91 Å². The normalized spacial score (nSPS) is 17.9. The molecule has 1 aliphatic heterocycles. The number of carbonyl (C=O) groups excluding carboxylic acids is 1. The van der Waals surface area contributed by atoms with Gasteiger partial charge < -0.3 is 10.1 Å². The molecule has 0 bridgehead atoms. The number of nitrogens with one attached hydrogen (secondary N) is 1. The van der Waals surface area contributed by atoms with Crippen LogP contribution in [-0.4, -0.2) is 38.3 Å². The lowest BCUT2D eigenvalue weighted by molar-refractivity contribution is 0.102. The van der Waals surface area contributed by atoms with E-state index in [-0.39, 0.29) is 27.9 Å². The van der Waals surface area contributed by atoms with E-state index in [1.165, 1.54) is 47.8 Å². The second-order valence-corrected chi connectivity index (χ2v) is 8.65. The van der Waals surface area contributed by atoms with Crippen molar-refractivity contribution >= 4 is 21.6 Å². The Labute approximate surface area is 164 Å². The van der Waals surface area contributed by atoms with Gasteiger partial charge in [0.15, 0.2) is 0 Å². The van der Waals surface area contributed by atoms with Crippen LogP contribution in [0.3, 0.4) is 0 Å². The topological polar surface area (TPSA) is 75.7 Å². The molecule has 1 amide bonds. The lowest BCUT2D eigenvalue weighted by Gasteiger charge is -2.32. The van der Waals surface area contributed by atoms with E-state index >= 15 is 0 Å². The molecule has 6 nitrogen and oxygen atoms in total. The molecule has 1 N–H and O–H groups in total. The first kappa shape index (κ1) is 20.3. The number of anilines is 1. The van der Waals surface area contributed by atoms with Crippen LogP contribution in [-0.2, 0) is 10.0 Å². The van der Waals surface area contributed by atoms with Crippen molar-refractivity contribution < 1.29 is 22.3 Å². The highest BCUT2D eigenvalue weighted by atomic mass is 32.2. The van der Waals surface area contributed by atoms with Gasteiger partial charge in [-0.3, -0.25) is 4.79 Å². The van der Waals surface area contributed by atoms with Gasteiger partial charge in [-0.25, -0.2) is 12.8 Å². The Morgan fingerprint density at radius 2 is 2.00 bits per heavy atom. The quantitative estimate of drug-likeness (QED) is 0.822. The summed E-state index contributed by atoms with van der Waals surface area (Å²) in [7, 11) is -2.43.